The van der Waals surface area contributed by atoms with E-state index in [9.17, 15) is 0 Å². The van der Waals surface area contributed by atoms with E-state index in [1.165, 1.54) is 80.3 Å². The number of hydrogen-bond donors (Lipinski definition) is 0. The van der Waals surface area contributed by atoms with Gasteiger partial charge in [0.15, 0.2) is 5.82 Å². The fourth-order valence-corrected chi connectivity index (χ4v) is 10.2. The van der Waals surface area contributed by atoms with E-state index >= 15 is 0 Å². The van der Waals surface area contributed by atoms with Crippen molar-refractivity contribution in [2.24, 2.45) is 0 Å². The van der Waals surface area contributed by atoms with E-state index in [0.717, 1.165) is 33.6 Å². The first-order valence-corrected chi connectivity index (χ1v) is 21.5. The van der Waals surface area contributed by atoms with Crippen molar-refractivity contribution >= 4 is 63.8 Å². The first-order valence-electron chi connectivity index (χ1n) is 20.7. The van der Waals surface area contributed by atoms with Crippen LogP contribution in [0.2, 0.25) is 0 Å². The number of rotatable bonds is 6. The molecule has 0 radical (unpaired) electrons. The van der Waals surface area contributed by atoms with E-state index in [1.54, 1.807) is 0 Å². The van der Waals surface area contributed by atoms with Crippen LogP contribution in [0.15, 0.2) is 218 Å². The Morgan fingerprint density at radius 1 is 0.295 bits per heavy atom. The van der Waals surface area contributed by atoms with E-state index in [2.05, 4.69) is 218 Å². The minimum atomic E-state index is 0.694. The summed E-state index contributed by atoms with van der Waals surface area (Å²) >= 11 is 1.85. The molecule has 0 aliphatic rings. The molecule has 0 spiro atoms. The maximum atomic E-state index is 5.29. The first kappa shape index (κ1) is 35.2. The average molecular weight is 793 g/mol. The van der Waals surface area contributed by atoms with Crippen LogP contribution in [0.4, 0.5) is 0 Å². The summed E-state index contributed by atoms with van der Waals surface area (Å²) in [6.07, 6.45) is 0. The normalized spacial score (nSPS) is 11.6. The number of thiophene rings is 1. The highest BCUT2D eigenvalue weighted by atomic mass is 32.1. The molecule has 2 heterocycles. The second-order valence-electron chi connectivity index (χ2n) is 15.7. The summed E-state index contributed by atoms with van der Waals surface area (Å²) in [6.45, 7) is 0. The molecule has 3 heteroatoms. The summed E-state index contributed by atoms with van der Waals surface area (Å²) in [5.74, 6) is 0.694. The molecule has 61 heavy (non-hydrogen) atoms. The fraction of sp³-hybridized carbons (Fsp3) is 0. The largest absolute Gasteiger partial charge is 0.228 e. The number of nitrogens with zero attached hydrogens (tertiary/aromatic N) is 2. The molecule has 0 aliphatic heterocycles. The predicted octanol–water partition coefficient (Wildman–Crippen LogP) is 16.3. The lowest BCUT2D eigenvalue weighted by Crippen LogP contribution is -1.96. The Hall–Kier alpha value is -7.72. The summed E-state index contributed by atoms with van der Waals surface area (Å²) < 4.78 is 2.60. The summed E-state index contributed by atoms with van der Waals surface area (Å²) in [7, 11) is 0. The third-order valence-electron chi connectivity index (χ3n) is 12.1. The van der Waals surface area contributed by atoms with Gasteiger partial charge in [-0.05, 0) is 96.0 Å². The zero-order valence-corrected chi connectivity index (χ0v) is 33.9. The van der Waals surface area contributed by atoms with Gasteiger partial charge in [-0.1, -0.05) is 188 Å². The minimum absolute atomic E-state index is 0.694. The highest BCUT2D eigenvalue weighted by molar-refractivity contribution is 7.25. The van der Waals surface area contributed by atoms with Crippen LogP contribution in [0.5, 0.6) is 0 Å². The number of fused-ring (bicyclic) bond motifs is 7. The van der Waals surface area contributed by atoms with E-state index in [4.69, 9.17) is 9.97 Å². The lowest BCUT2D eigenvalue weighted by atomic mass is 9.89. The Bertz CT molecular complexity index is 3620. The SMILES string of the molecule is c1ccc(-c2ccc(-c3nc(-c4ccc(-c5c6ccccc6cc6c5ccc5ccccc56)cc4)cc(-c4cccc(-c5cccc6sc7ccccc7c56)c4)n3)cc2)cc1. The van der Waals surface area contributed by atoms with Crippen molar-refractivity contribution in [3.8, 4) is 67.3 Å². The Balaban J connectivity index is 0.999. The molecule has 0 amide bonds. The zero-order valence-electron chi connectivity index (χ0n) is 33.1. The van der Waals surface area contributed by atoms with E-state index in [0.29, 0.717) is 5.82 Å². The topological polar surface area (TPSA) is 25.8 Å². The second-order valence-corrected chi connectivity index (χ2v) is 16.8. The van der Waals surface area contributed by atoms with Crippen LogP contribution in [0.3, 0.4) is 0 Å². The molecule has 0 aliphatic carbocycles. The average Bonchev–Trinajstić information content (AvgIpc) is 3.73. The Labute approximate surface area is 357 Å². The predicted molar refractivity (Wildman–Crippen MR) is 260 cm³/mol. The van der Waals surface area contributed by atoms with E-state index < -0.39 is 0 Å². The molecule has 2 aromatic heterocycles. The van der Waals surface area contributed by atoms with Crippen molar-refractivity contribution in [1.29, 1.82) is 0 Å². The third-order valence-corrected chi connectivity index (χ3v) is 13.2. The van der Waals surface area contributed by atoms with Crippen molar-refractivity contribution in [1.82, 2.24) is 9.97 Å². The van der Waals surface area contributed by atoms with Gasteiger partial charge in [0.25, 0.3) is 0 Å². The summed E-state index contributed by atoms with van der Waals surface area (Å²) in [4.78, 5) is 10.6. The molecule has 0 saturated carbocycles. The molecule has 0 bridgehead atoms. The van der Waals surface area contributed by atoms with Crippen LogP contribution in [0.25, 0.3) is 120 Å². The number of aromatic nitrogens is 2. The van der Waals surface area contributed by atoms with Gasteiger partial charge in [-0.3, -0.25) is 0 Å². The lowest BCUT2D eigenvalue weighted by molar-refractivity contribution is 1.18. The molecule has 284 valence electrons. The van der Waals surface area contributed by atoms with Crippen LogP contribution in [0, 0.1) is 0 Å². The van der Waals surface area contributed by atoms with Crippen molar-refractivity contribution in [3.05, 3.63) is 218 Å². The van der Waals surface area contributed by atoms with Crippen LogP contribution in [-0.4, -0.2) is 9.97 Å². The molecule has 0 atom stereocenters. The minimum Gasteiger partial charge on any atom is -0.228 e. The Morgan fingerprint density at radius 3 is 1.72 bits per heavy atom. The van der Waals surface area contributed by atoms with Crippen molar-refractivity contribution in [3.63, 3.8) is 0 Å². The highest BCUT2D eigenvalue weighted by Crippen LogP contribution is 2.42. The van der Waals surface area contributed by atoms with Gasteiger partial charge in [0.2, 0.25) is 0 Å². The lowest BCUT2D eigenvalue weighted by Gasteiger charge is -2.15. The summed E-state index contributed by atoms with van der Waals surface area (Å²) in [5, 5.41) is 10.1. The highest BCUT2D eigenvalue weighted by Gasteiger charge is 2.16. The van der Waals surface area contributed by atoms with Crippen LogP contribution >= 0.6 is 11.3 Å². The quantitative estimate of drug-likeness (QED) is 0.124. The molecule has 2 nitrogen and oxygen atoms in total. The van der Waals surface area contributed by atoms with Crippen molar-refractivity contribution in [2.75, 3.05) is 0 Å². The standard InChI is InChI=1S/C58H36N2S/c1-2-12-37(13-3-1)38-24-30-42(31-25-38)58-59-52(36-53(60-58)45-17-10-16-43(34-45)48-21-11-23-55-57(48)50-20-8-9-22-54(50)61-55)40-26-28-41(29-27-40)56-47-19-7-5-15-44(47)35-51-46-18-6-4-14-39(46)32-33-49(51)56/h1-36H. The van der Waals surface area contributed by atoms with Gasteiger partial charge in [0, 0.05) is 36.9 Å². The fourth-order valence-electron chi connectivity index (χ4n) is 9.11. The maximum absolute atomic E-state index is 5.29. The number of benzene rings is 10. The van der Waals surface area contributed by atoms with Gasteiger partial charge < -0.3 is 0 Å². The second kappa shape index (κ2) is 14.5. The van der Waals surface area contributed by atoms with Gasteiger partial charge in [0.1, 0.15) is 0 Å². The number of hydrogen-bond acceptors (Lipinski definition) is 3. The van der Waals surface area contributed by atoms with Gasteiger partial charge in [-0.25, -0.2) is 9.97 Å². The van der Waals surface area contributed by atoms with Crippen molar-refractivity contribution < 1.29 is 0 Å². The van der Waals surface area contributed by atoms with E-state index in [1.807, 2.05) is 11.3 Å². The monoisotopic (exact) mass is 792 g/mol. The zero-order chi connectivity index (χ0) is 40.3. The Kier molecular flexibility index (Phi) is 8.39. The molecular weight excluding hydrogens is 757 g/mol. The van der Waals surface area contributed by atoms with Gasteiger partial charge in [0.05, 0.1) is 11.4 Å². The van der Waals surface area contributed by atoms with E-state index in [-0.39, 0.29) is 0 Å². The summed E-state index contributed by atoms with van der Waals surface area (Å²) in [5.41, 5.74) is 12.0. The van der Waals surface area contributed by atoms with Crippen LogP contribution in [0.1, 0.15) is 0 Å². The molecule has 0 unspecified atom stereocenters. The molecule has 12 rings (SSSR count). The maximum Gasteiger partial charge on any atom is 0.160 e. The Morgan fingerprint density at radius 2 is 0.885 bits per heavy atom. The molecule has 0 saturated heterocycles. The molecule has 10 aromatic carbocycles. The van der Waals surface area contributed by atoms with Gasteiger partial charge in [-0.2, -0.15) is 0 Å². The van der Waals surface area contributed by atoms with Crippen molar-refractivity contribution in [2.45, 2.75) is 0 Å². The smallest absolute Gasteiger partial charge is 0.160 e. The molecule has 0 N–H and O–H groups in total. The van der Waals surface area contributed by atoms with Crippen LogP contribution < -0.4 is 0 Å². The molecular formula is C58H36N2S. The molecule has 12 aromatic rings. The van der Waals surface area contributed by atoms with Crippen LogP contribution in [-0.2, 0) is 0 Å². The summed E-state index contributed by atoms with van der Waals surface area (Å²) in [6, 6.07) is 78.7. The van der Waals surface area contributed by atoms with Gasteiger partial charge >= 0.3 is 0 Å². The van der Waals surface area contributed by atoms with Gasteiger partial charge in [-0.15, -0.1) is 11.3 Å². The first-order chi connectivity index (χ1) is 30.2. The third kappa shape index (κ3) is 6.18. The molecule has 0 fully saturated rings.